The maximum atomic E-state index is 12.0. The molecule has 0 bridgehead atoms. The van der Waals surface area contributed by atoms with Crippen LogP contribution in [0.2, 0.25) is 0 Å². The fourth-order valence-corrected chi connectivity index (χ4v) is 3.03. The Labute approximate surface area is 160 Å². The SMILES string of the molecule is CCOC(=O)c1sc(N)c(C#N)c1COC(=O)COc1ccc(OC)cc1. The molecular formula is C18H18N2O6S. The molecule has 0 spiro atoms. The van der Waals surface area contributed by atoms with Crippen LogP contribution in [0.5, 0.6) is 11.5 Å². The molecule has 2 rings (SSSR count). The van der Waals surface area contributed by atoms with Crippen LogP contribution in [0.1, 0.15) is 27.7 Å². The molecule has 0 atom stereocenters. The lowest BCUT2D eigenvalue weighted by atomic mass is 10.1. The lowest BCUT2D eigenvalue weighted by Gasteiger charge is -2.08. The Morgan fingerprint density at radius 1 is 1.19 bits per heavy atom. The average Bonchev–Trinajstić information content (AvgIpc) is 3.00. The molecule has 0 fully saturated rings. The average molecular weight is 390 g/mol. The predicted molar refractivity (Wildman–Crippen MR) is 97.7 cm³/mol. The highest BCUT2D eigenvalue weighted by atomic mass is 32.1. The summed E-state index contributed by atoms with van der Waals surface area (Å²) in [6.45, 7) is 1.22. The van der Waals surface area contributed by atoms with E-state index in [1.165, 1.54) is 0 Å². The summed E-state index contributed by atoms with van der Waals surface area (Å²) in [4.78, 5) is 24.1. The molecule has 9 heteroatoms. The minimum Gasteiger partial charge on any atom is -0.497 e. The van der Waals surface area contributed by atoms with Crippen LogP contribution in [0.25, 0.3) is 0 Å². The molecule has 1 aromatic heterocycles. The summed E-state index contributed by atoms with van der Waals surface area (Å²) in [6.07, 6.45) is 0. The molecule has 0 radical (unpaired) electrons. The van der Waals surface area contributed by atoms with Crippen LogP contribution in [0.4, 0.5) is 5.00 Å². The first-order chi connectivity index (χ1) is 13.0. The Morgan fingerprint density at radius 3 is 2.44 bits per heavy atom. The Balaban J connectivity index is 1.99. The Morgan fingerprint density at radius 2 is 1.85 bits per heavy atom. The van der Waals surface area contributed by atoms with Crippen LogP contribution in [-0.4, -0.2) is 32.3 Å². The number of carbonyl (C=O) groups excluding carboxylic acids is 2. The van der Waals surface area contributed by atoms with Gasteiger partial charge in [0.2, 0.25) is 0 Å². The molecule has 2 aromatic rings. The number of rotatable bonds is 8. The number of hydrogen-bond acceptors (Lipinski definition) is 9. The van der Waals surface area contributed by atoms with Gasteiger partial charge in [-0.3, -0.25) is 0 Å². The summed E-state index contributed by atoms with van der Waals surface area (Å²) < 4.78 is 20.4. The highest BCUT2D eigenvalue weighted by Crippen LogP contribution is 2.31. The molecular weight excluding hydrogens is 372 g/mol. The number of esters is 2. The normalized spacial score (nSPS) is 9.96. The van der Waals surface area contributed by atoms with E-state index in [0.717, 1.165) is 11.3 Å². The molecule has 0 saturated carbocycles. The van der Waals surface area contributed by atoms with Crippen molar-refractivity contribution in [3.63, 3.8) is 0 Å². The standard InChI is InChI=1S/C18H18N2O6S/c1-3-24-18(22)16-14(13(8-19)17(20)27-16)9-26-15(21)10-25-12-6-4-11(23-2)5-7-12/h4-7H,3,9-10,20H2,1-2H3. The first-order valence-electron chi connectivity index (χ1n) is 7.91. The van der Waals surface area contributed by atoms with Gasteiger partial charge < -0.3 is 24.7 Å². The van der Waals surface area contributed by atoms with Gasteiger partial charge in [0.15, 0.2) is 6.61 Å². The zero-order valence-corrected chi connectivity index (χ0v) is 15.6. The minimum absolute atomic E-state index is 0.104. The number of ether oxygens (including phenoxy) is 4. The van der Waals surface area contributed by atoms with Crippen LogP contribution in [0, 0.1) is 11.3 Å². The van der Waals surface area contributed by atoms with Gasteiger partial charge in [0.1, 0.15) is 34.1 Å². The monoisotopic (exact) mass is 390 g/mol. The second-order valence-corrected chi connectivity index (χ2v) is 6.16. The molecule has 2 N–H and O–H groups in total. The minimum atomic E-state index is -0.658. The number of nitriles is 1. The quantitative estimate of drug-likeness (QED) is 0.683. The summed E-state index contributed by atoms with van der Waals surface area (Å²) in [5.74, 6) is -0.140. The van der Waals surface area contributed by atoms with Crippen molar-refractivity contribution in [1.82, 2.24) is 0 Å². The van der Waals surface area contributed by atoms with E-state index in [9.17, 15) is 14.9 Å². The number of hydrogen-bond donors (Lipinski definition) is 1. The van der Waals surface area contributed by atoms with Crippen molar-refractivity contribution >= 4 is 28.3 Å². The smallest absolute Gasteiger partial charge is 0.348 e. The fraction of sp³-hybridized carbons (Fsp3) is 0.278. The lowest BCUT2D eigenvalue weighted by Crippen LogP contribution is -2.16. The summed E-state index contributed by atoms with van der Waals surface area (Å²) in [5.41, 5.74) is 6.10. The van der Waals surface area contributed by atoms with Crippen LogP contribution in [-0.2, 0) is 20.9 Å². The van der Waals surface area contributed by atoms with Crippen LogP contribution >= 0.6 is 11.3 Å². The highest BCUT2D eigenvalue weighted by molar-refractivity contribution is 7.18. The zero-order chi connectivity index (χ0) is 19.8. The van der Waals surface area contributed by atoms with Gasteiger partial charge in [0.25, 0.3) is 0 Å². The fourth-order valence-electron chi connectivity index (χ4n) is 2.12. The molecule has 0 aliphatic heterocycles. The third-order valence-electron chi connectivity index (χ3n) is 3.40. The number of carbonyl (C=O) groups is 2. The maximum Gasteiger partial charge on any atom is 0.348 e. The molecule has 1 aromatic carbocycles. The van der Waals surface area contributed by atoms with Crippen molar-refractivity contribution in [3.05, 3.63) is 40.3 Å². The Kier molecular flexibility index (Phi) is 7.02. The number of nitrogens with zero attached hydrogens (tertiary/aromatic N) is 1. The highest BCUT2D eigenvalue weighted by Gasteiger charge is 2.23. The molecule has 8 nitrogen and oxygen atoms in total. The third-order valence-corrected chi connectivity index (χ3v) is 4.44. The zero-order valence-electron chi connectivity index (χ0n) is 14.8. The number of anilines is 1. The van der Waals surface area contributed by atoms with Crippen LogP contribution < -0.4 is 15.2 Å². The molecule has 0 amide bonds. The second-order valence-electron chi connectivity index (χ2n) is 5.11. The number of nitrogens with two attached hydrogens (primary N) is 1. The molecule has 0 saturated heterocycles. The Bertz CT molecular complexity index is 854. The second kappa shape index (κ2) is 9.45. The Hall–Kier alpha value is -3.25. The number of methoxy groups -OCH3 is 1. The molecule has 142 valence electrons. The van der Waals surface area contributed by atoms with Gasteiger partial charge in [-0.25, -0.2) is 9.59 Å². The van der Waals surface area contributed by atoms with Gasteiger partial charge in [0, 0.05) is 5.56 Å². The van der Waals surface area contributed by atoms with Crippen molar-refractivity contribution in [2.45, 2.75) is 13.5 Å². The molecule has 27 heavy (non-hydrogen) atoms. The van der Waals surface area contributed by atoms with E-state index < -0.39 is 11.9 Å². The lowest BCUT2D eigenvalue weighted by molar-refractivity contribution is -0.147. The van der Waals surface area contributed by atoms with Crippen molar-refractivity contribution in [2.24, 2.45) is 0 Å². The van der Waals surface area contributed by atoms with Crippen molar-refractivity contribution in [3.8, 4) is 17.6 Å². The molecule has 0 aliphatic carbocycles. The van der Waals surface area contributed by atoms with Crippen molar-refractivity contribution < 1.29 is 28.5 Å². The van der Waals surface area contributed by atoms with Crippen LogP contribution in [0.15, 0.2) is 24.3 Å². The maximum absolute atomic E-state index is 12.0. The largest absolute Gasteiger partial charge is 0.497 e. The summed E-state index contributed by atoms with van der Waals surface area (Å²) >= 11 is 0.925. The first kappa shape index (κ1) is 20.1. The first-order valence-corrected chi connectivity index (χ1v) is 8.72. The van der Waals surface area contributed by atoms with Gasteiger partial charge in [-0.15, -0.1) is 11.3 Å². The number of thiophene rings is 1. The van der Waals surface area contributed by atoms with E-state index in [1.54, 1.807) is 38.3 Å². The predicted octanol–water partition coefficient (Wildman–Crippen LogP) is 2.51. The number of nitrogen functional groups attached to an aromatic ring is 1. The summed E-state index contributed by atoms with van der Waals surface area (Å²) in [6, 6.07) is 8.61. The summed E-state index contributed by atoms with van der Waals surface area (Å²) in [5, 5.41) is 9.40. The van der Waals surface area contributed by atoms with E-state index in [1.807, 2.05) is 6.07 Å². The topological polar surface area (TPSA) is 121 Å². The van der Waals surface area contributed by atoms with Gasteiger partial charge in [0.05, 0.1) is 19.3 Å². The van der Waals surface area contributed by atoms with E-state index in [-0.39, 0.29) is 40.8 Å². The van der Waals surface area contributed by atoms with Gasteiger partial charge in [-0.1, -0.05) is 0 Å². The molecule has 1 heterocycles. The van der Waals surface area contributed by atoms with Crippen molar-refractivity contribution in [1.29, 1.82) is 5.26 Å². The molecule has 0 unspecified atom stereocenters. The summed E-state index contributed by atoms with van der Waals surface area (Å²) in [7, 11) is 1.55. The van der Waals surface area contributed by atoms with E-state index in [4.69, 9.17) is 24.7 Å². The van der Waals surface area contributed by atoms with Crippen molar-refractivity contribution in [2.75, 3.05) is 26.1 Å². The van der Waals surface area contributed by atoms with Gasteiger partial charge in [-0.2, -0.15) is 5.26 Å². The molecule has 0 aliphatic rings. The van der Waals surface area contributed by atoms with Gasteiger partial charge in [-0.05, 0) is 31.2 Å². The third kappa shape index (κ3) is 5.12. The van der Waals surface area contributed by atoms with E-state index >= 15 is 0 Å². The van der Waals surface area contributed by atoms with Gasteiger partial charge >= 0.3 is 11.9 Å². The number of benzene rings is 1. The van der Waals surface area contributed by atoms with Crippen LogP contribution in [0.3, 0.4) is 0 Å². The van der Waals surface area contributed by atoms with E-state index in [2.05, 4.69) is 0 Å². The van der Waals surface area contributed by atoms with E-state index in [0.29, 0.717) is 11.5 Å².